The fourth-order valence-electron chi connectivity index (χ4n) is 1.88. The number of hydrogen-bond donors (Lipinski definition) is 1. The molecule has 1 unspecified atom stereocenters. The molecule has 0 aliphatic carbocycles. The first-order chi connectivity index (χ1) is 12.5. The van der Waals surface area contributed by atoms with Gasteiger partial charge in [0, 0.05) is 19.8 Å². The van der Waals surface area contributed by atoms with E-state index in [2.05, 4.69) is 18.5 Å². The van der Waals surface area contributed by atoms with E-state index >= 15 is 0 Å². The molecular weight excluding hydrogens is 354 g/mol. The van der Waals surface area contributed by atoms with E-state index in [1.54, 1.807) is 11.8 Å². The largest absolute Gasteiger partial charge is 0.379 e. The summed E-state index contributed by atoms with van der Waals surface area (Å²) in [5.41, 5.74) is -0.0994. The predicted molar refractivity (Wildman–Crippen MR) is 109 cm³/mol. The van der Waals surface area contributed by atoms with Crippen LogP contribution in [0.5, 0.6) is 0 Å². The Morgan fingerprint density at radius 3 is 1.69 bits per heavy atom. The van der Waals surface area contributed by atoms with E-state index in [0.717, 1.165) is 39.2 Å². The van der Waals surface area contributed by atoms with Gasteiger partial charge in [0.2, 0.25) is 0 Å². The molecule has 0 rings (SSSR count). The number of thioether (sulfide) groups is 1. The smallest absolute Gasteiger partial charge is 0.0707 e. The number of rotatable bonds is 19. The summed E-state index contributed by atoms with van der Waals surface area (Å²) in [5, 5.41) is 3.83. The van der Waals surface area contributed by atoms with Gasteiger partial charge in [-0.15, -0.1) is 11.8 Å². The van der Waals surface area contributed by atoms with Gasteiger partial charge in [0.25, 0.3) is 0 Å². The van der Waals surface area contributed by atoms with Crippen molar-refractivity contribution in [1.29, 1.82) is 0 Å². The summed E-state index contributed by atoms with van der Waals surface area (Å²) in [6, 6.07) is 0. The average molecular weight is 396 g/mol. The van der Waals surface area contributed by atoms with E-state index in [9.17, 15) is 0 Å². The van der Waals surface area contributed by atoms with Gasteiger partial charge in [0.05, 0.1) is 57.2 Å². The fraction of sp³-hybridized carbons (Fsp3) is 1.00. The topological polar surface area (TPSA) is 58.2 Å². The first-order valence-corrected chi connectivity index (χ1v) is 11.0. The van der Waals surface area contributed by atoms with Gasteiger partial charge >= 0.3 is 0 Å². The number of hydrogen-bond acceptors (Lipinski definition) is 7. The minimum atomic E-state index is -0.0994. The minimum Gasteiger partial charge on any atom is -0.379 e. The molecular formula is C19H41NO5S. The van der Waals surface area contributed by atoms with E-state index in [0.29, 0.717) is 45.0 Å². The summed E-state index contributed by atoms with van der Waals surface area (Å²) in [7, 11) is 0. The Kier molecular flexibility index (Phi) is 18.6. The van der Waals surface area contributed by atoms with E-state index in [4.69, 9.17) is 23.7 Å². The van der Waals surface area contributed by atoms with Crippen molar-refractivity contribution in [3.63, 3.8) is 0 Å². The molecule has 0 saturated heterocycles. The molecule has 0 spiro atoms. The summed E-state index contributed by atoms with van der Waals surface area (Å²) >= 11 is 1.80. The molecule has 0 aromatic heterocycles. The van der Waals surface area contributed by atoms with Crippen molar-refractivity contribution in [3.05, 3.63) is 0 Å². The van der Waals surface area contributed by atoms with Crippen LogP contribution < -0.4 is 5.32 Å². The molecule has 0 aliphatic rings. The standard InChI is InChI=1S/C19H41NO5S/c1-18(26-5)20-8-11-23-14-12-21-9-6-7-10-22-13-15-24-16-17-25-19(2,3)4/h18,20H,6-17H2,1-5H3. The van der Waals surface area contributed by atoms with Crippen LogP contribution in [0.1, 0.15) is 40.5 Å². The van der Waals surface area contributed by atoms with Crippen LogP contribution in [0, 0.1) is 0 Å². The molecule has 0 fully saturated rings. The third-order valence-corrected chi connectivity index (χ3v) is 4.24. The molecule has 7 heteroatoms. The van der Waals surface area contributed by atoms with E-state index in [1.807, 2.05) is 20.8 Å². The van der Waals surface area contributed by atoms with E-state index < -0.39 is 0 Å². The van der Waals surface area contributed by atoms with E-state index in [-0.39, 0.29) is 5.60 Å². The Balaban J connectivity index is 3.05. The summed E-state index contributed by atoms with van der Waals surface area (Å²) in [4.78, 5) is 0. The molecule has 0 bridgehead atoms. The van der Waals surface area contributed by atoms with Gasteiger partial charge in [0.15, 0.2) is 0 Å². The molecule has 0 radical (unpaired) electrons. The fourth-order valence-corrected chi connectivity index (χ4v) is 2.16. The summed E-state index contributed by atoms with van der Waals surface area (Å²) in [6.45, 7) is 15.2. The van der Waals surface area contributed by atoms with Crippen molar-refractivity contribution >= 4 is 11.8 Å². The van der Waals surface area contributed by atoms with Crippen LogP contribution in [0.2, 0.25) is 0 Å². The summed E-state index contributed by atoms with van der Waals surface area (Å²) < 4.78 is 27.6. The highest BCUT2D eigenvalue weighted by Crippen LogP contribution is 2.05. The molecule has 0 amide bonds. The van der Waals surface area contributed by atoms with Crippen LogP contribution in [-0.4, -0.2) is 83.2 Å². The zero-order valence-electron chi connectivity index (χ0n) is 17.5. The Labute approximate surface area is 165 Å². The Morgan fingerprint density at radius 1 is 0.731 bits per heavy atom. The third-order valence-electron chi connectivity index (χ3n) is 3.37. The second kappa shape index (κ2) is 18.5. The Morgan fingerprint density at radius 2 is 1.19 bits per heavy atom. The normalized spacial score (nSPS) is 13.3. The second-order valence-corrected chi connectivity index (χ2v) is 8.13. The van der Waals surface area contributed by atoms with Crippen molar-refractivity contribution in [2.45, 2.75) is 51.5 Å². The lowest BCUT2D eigenvalue weighted by molar-refractivity contribution is -0.0427. The molecule has 158 valence electrons. The lowest BCUT2D eigenvalue weighted by Crippen LogP contribution is -2.27. The molecule has 0 aromatic rings. The number of nitrogens with one attached hydrogen (secondary N) is 1. The highest BCUT2D eigenvalue weighted by atomic mass is 32.2. The summed E-state index contributed by atoms with van der Waals surface area (Å²) in [5.74, 6) is 0. The van der Waals surface area contributed by atoms with Crippen molar-refractivity contribution in [2.75, 3.05) is 72.3 Å². The monoisotopic (exact) mass is 395 g/mol. The number of ether oxygens (including phenoxy) is 5. The Bertz CT molecular complexity index is 290. The van der Waals surface area contributed by atoms with Crippen molar-refractivity contribution in [1.82, 2.24) is 5.32 Å². The molecule has 1 atom stereocenters. The van der Waals surface area contributed by atoms with Gasteiger partial charge in [-0.05, 0) is 46.8 Å². The zero-order chi connectivity index (χ0) is 19.5. The Hall–Kier alpha value is 0.110. The molecule has 26 heavy (non-hydrogen) atoms. The van der Waals surface area contributed by atoms with Crippen LogP contribution in [0.3, 0.4) is 0 Å². The first kappa shape index (κ1) is 26.1. The SMILES string of the molecule is CSC(C)NCCOCCOCCCCOCCOCCOC(C)(C)C. The zero-order valence-corrected chi connectivity index (χ0v) is 18.3. The maximum absolute atomic E-state index is 5.57. The van der Waals surface area contributed by atoms with E-state index in [1.165, 1.54) is 0 Å². The van der Waals surface area contributed by atoms with Crippen LogP contribution in [-0.2, 0) is 23.7 Å². The van der Waals surface area contributed by atoms with Crippen molar-refractivity contribution < 1.29 is 23.7 Å². The van der Waals surface area contributed by atoms with Crippen LogP contribution in [0.15, 0.2) is 0 Å². The van der Waals surface area contributed by atoms with Gasteiger partial charge in [-0.25, -0.2) is 0 Å². The highest BCUT2D eigenvalue weighted by molar-refractivity contribution is 7.99. The molecule has 0 aromatic carbocycles. The first-order valence-electron chi connectivity index (χ1n) is 9.67. The molecule has 0 saturated carbocycles. The average Bonchev–Trinajstić information content (AvgIpc) is 2.59. The quantitative estimate of drug-likeness (QED) is 0.266. The second-order valence-electron chi connectivity index (χ2n) is 6.95. The molecule has 1 N–H and O–H groups in total. The maximum Gasteiger partial charge on any atom is 0.0707 e. The van der Waals surface area contributed by atoms with Crippen molar-refractivity contribution in [2.24, 2.45) is 0 Å². The lowest BCUT2D eigenvalue weighted by Gasteiger charge is -2.19. The van der Waals surface area contributed by atoms with Crippen LogP contribution in [0.4, 0.5) is 0 Å². The summed E-state index contributed by atoms with van der Waals surface area (Å²) in [6.07, 6.45) is 4.10. The van der Waals surface area contributed by atoms with Gasteiger partial charge in [0.1, 0.15) is 0 Å². The van der Waals surface area contributed by atoms with Crippen LogP contribution >= 0.6 is 11.8 Å². The number of unbranched alkanes of at least 4 members (excludes halogenated alkanes) is 1. The maximum atomic E-state index is 5.57. The van der Waals surface area contributed by atoms with Crippen molar-refractivity contribution in [3.8, 4) is 0 Å². The molecule has 0 heterocycles. The van der Waals surface area contributed by atoms with Gasteiger partial charge in [-0.3, -0.25) is 0 Å². The minimum absolute atomic E-state index is 0.0994. The predicted octanol–water partition coefficient (Wildman–Crippen LogP) is 2.95. The lowest BCUT2D eigenvalue weighted by atomic mass is 10.2. The highest BCUT2D eigenvalue weighted by Gasteiger charge is 2.08. The third kappa shape index (κ3) is 22.2. The molecule has 0 aliphatic heterocycles. The molecule has 6 nitrogen and oxygen atoms in total. The van der Waals surface area contributed by atoms with Gasteiger partial charge < -0.3 is 29.0 Å². The van der Waals surface area contributed by atoms with Gasteiger partial charge in [-0.1, -0.05) is 0 Å². The van der Waals surface area contributed by atoms with Gasteiger partial charge in [-0.2, -0.15) is 0 Å². The van der Waals surface area contributed by atoms with Crippen LogP contribution in [0.25, 0.3) is 0 Å².